The van der Waals surface area contributed by atoms with Gasteiger partial charge in [-0.2, -0.15) is 0 Å². The number of hydrogen-bond donors (Lipinski definition) is 1. The van der Waals surface area contributed by atoms with E-state index in [4.69, 9.17) is 5.11 Å². The van der Waals surface area contributed by atoms with E-state index >= 15 is 0 Å². The highest BCUT2D eigenvalue weighted by atomic mass is 19.1. The second-order valence-electron chi connectivity index (χ2n) is 2.68. The molecule has 1 atom stereocenters. The van der Waals surface area contributed by atoms with Crippen molar-refractivity contribution in [3.8, 4) is 0 Å². The maximum Gasteiger partial charge on any atom is 0.409 e. The number of nitrogens with zero attached hydrogens (tertiary/aromatic N) is 1. The van der Waals surface area contributed by atoms with Crippen molar-refractivity contribution in [1.82, 2.24) is 4.90 Å². The Bertz CT molecular complexity index is 158. The fraction of sp³-hybridized carbons (Fsp3) is 0.833. The van der Waals surface area contributed by atoms with Gasteiger partial charge in [-0.1, -0.05) is 0 Å². The molecule has 1 unspecified atom stereocenters. The molecule has 0 aromatic rings. The summed E-state index contributed by atoms with van der Waals surface area (Å²) in [4.78, 5) is 11.1. The zero-order chi connectivity index (χ0) is 7.78. The van der Waals surface area contributed by atoms with E-state index in [1.54, 1.807) is 0 Å². The van der Waals surface area contributed by atoms with Gasteiger partial charge in [-0.05, 0) is 13.3 Å². The number of rotatable bonds is 0. The molecule has 0 aromatic carbocycles. The Kier molecular flexibility index (Phi) is 1.54. The van der Waals surface area contributed by atoms with Crippen LogP contribution in [0.4, 0.5) is 9.18 Å². The Balaban J connectivity index is 2.68. The summed E-state index contributed by atoms with van der Waals surface area (Å²) in [5, 5.41) is 8.43. The lowest BCUT2D eigenvalue weighted by molar-refractivity contribution is 0.0263. The molecule has 10 heavy (non-hydrogen) atoms. The predicted octanol–water partition coefficient (Wildman–Crippen LogP) is 1.45. The Morgan fingerprint density at radius 2 is 2.40 bits per heavy atom. The monoisotopic (exact) mass is 147 g/mol. The van der Waals surface area contributed by atoms with Crippen molar-refractivity contribution >= 4 is 6.09 Å². The molecule has 1 aliphatic heterocycles. The van der Waals surface area contributed by atoms with Crippen molar-refractivity contribution in [3.63, 3.8) is 0 Å². The minimum Gasteiger partial charge on any atom is -0.465 e. The molecule has 0 aromatic heterocycles. The highest BCUT2D eigenvalue weighted by molar-refractivity contribution is 5.66. The molecule has 1 rings (SSSR count). The summed E-state index contributed by atoms with van der Waals surface area (Å²) in [6.07, 6.45) is -0.221. The Morgan fingerprint density at radius 1 is 1.80 bits per heavy atom. The Morgan fingerprint density at radius 3 is 2.60 bits per heavy atom. The summed E-state index contributed by atoms with van der Waals surface area (Å²) in [5.74, 6) is -1.63. The van der Waals surface area contributed by atoms with E-state index in [1.807, 2.05) is 0 Å². The van der Waals surface area contributed by atoms with Crippen LogP contribution in [0.2, 0.25) is 0 Å². The number of hydrogen-bond acceptors (Lipinski definition) is 1. The van der Waals surface area contributed by atoms with Crippen molar-refractivity contribution < 1.29 is 14.3 Å². The predicted molar refractivity (Wildman–Crippen MR) is 33.5 cm³/mol. The van der Waals surface area contributed by atoms with Gasteiger partial charge in [0.2, 0.25) is 0 Å². The molecule has 1 aliphatic rings. The van der Waals surface area contributed by atoms with E-state index in [9.17, 15) is 9.18 Å². The Hall–Kier alpha value is -0.800. The summed E-state index contributed by atoms with van der Waals surface area (Å²) in [5.41, 5.74) is 0. The average molecular weight is 147 g/mol. The lowest BCUT2D eigenvalue weighted by atomic mass is 10.2. The molecule has 1 saturated heterocycles. The van der Waals surface area contributed by atoms with Crippen LogP contribution < -0.4 is 0 Å². The third-order valence-corrected chi connectivity index (χ3v) is 1.81. The summed E-state index contributed by atoms with van der Waals surface area (Å²) >= 11 is 0. The van der Waals surface area contributed by atoms with Crippen LogP contribution in [0.1, 0.15) is 19.8 Å². The quantitative estimate of drug-likeness (QED) is 0.527. The van der Waals surface area contributed by atoms with Crippen molar-refractivity contribution in [2.45, 2.75) is 25.6 Å². The standard InChI is InChI=1S/C6H10FNO2/c1-6(7)3-2-4-8(6)5(9)10/h2-4H2,1H3,(H,9,10). The molecule has 4 heteroatoms. The third kappa shape index (κ3) is 1.05. The molecule has 1 fully saturated rings. The largest absolute Gasteiger partial charge is 0.465 e. The number of carboxylic acid groups (broad SMARTS) is 1. The van der Waals surface area contributed by atoms with Gasteiger partial charge in [-0.25, -0.2) is 9.18 Å². The number of carbonyl (C=O) groups is 1. The first-order valence-electron chi connectivity index (χ1n) is 3.23. The summed E-state index contributed by atoms with van der Waals surface area (Å²) in [6, 6.07) is 0. The first-order valence-corrected chi connectivity index (χ1v) is 3.23. The van der Waals surface area contributed by atoms with Gasteiger partial charge in [0, 0.05) is 13.0 Å². The summed E-state index contributed by atoms with van der Waals surface area (Å²) < 4.78 is 13.1. The van der Waals surface area contributed by atoms with Crippen LogP contribution in [-0.2, 0) is 0 Å². The number of alkyl halides is 1. The van der Waals surface area contributed by atoms with E-state index < -0.39 is 11.9 Å². The minimum atomic E-state index is -1.63. The molecular formula is C6H10FNO2. The average Bonchev–Trinajstić information content (AvgIpc) is 2.08. The van der Waals surface area contributed by atoms with Gasteiger partial charge in [0.1, 0.15) is 0 Å². The van der Waals surface area contributed by atoms with Crippen molar-refractivity contribution in [1.29, 1.82) is 0 Å². The molecule has 1 N–H and O–H groups in total. The van der Waals surface area contributed by atoms with Gasteiger partial charge in [-0.3, -0.25) is 4.90 Å². The van der Waals surface area contributed by atoms with Gasteiger partial charge in [-0.15, -0.1) is 0 Å². The van der Waals surface area contributed by atoms with Crippen LogP contribution in [0.5, 0.6) is 0 Å². The van der Waals surface area contributed by atoms with Crippen molar-refractivity contribution in [3.05, 3.63) is 0 Å². The minimum absolute atomic E-state index is 0.319. The molecule has 0 aliphatic carbocycles. The molecule has 3 nitrogen and oxygen atoms in total. The number of likely N-dealkylation sites (tertiary alicyclic amines) is 1. The lowest BCUT2D eigenvalue weighted by Crippen LogP contribution is -2.40. The van der Waals surface area contributed by atoms with Crippen LogP contribution >= 0.6 is 0 Å². The van der Waals surface area contributed by atoms with E-state index in [0.29, 0.717) is 19.4 Å². The van der Waals surface area contributed by atoms with Gasteiger partial charge in [0.25, 0.3) is 0 Å². The molecule has 58 valence electrons. The summed E-state index contributed by atoms with van der Waals surface area (Å²) in [6.45, 7) is 1.62. The van der Waals surface area contributed by atoms with Crippen molar-refractivity contribution in [2.24, 2.45) is 0 Å². The molecule has 0 spiro atoms. The SMILES string of the molecule is CC1(F)CCCN1C(=O)O. The molecule has 0 radical (unpaired) electrons. The van der Waals surface area contributed by atoms with Crippen LogP contribution in [0.25, 0.3) is 0 Å². The highest BCUT2D eigenvalue weighted by Gasteiger charge is 2.39. The van der Waals surface area contributed by atoms with Gasteiger partial charge in [0.05, 0.1) is 0 Å². The van der Waals surface area contributed by atoms with Gasteiger partial charge in [0.15, 0.2) is 5.79 Å². The van der Waals surface area contributed by atoms with E-state index in [0.717, 1.165) is 4.90 Å². The van der Waals surface area contributed by atoms with Crippen LogP contribution in [0, 0.1) is 0 Å². The zero-order valence-corrected chi connectivity index (χ0v) is 5.80. The molecule has 0 bridgehead atoms. The zero-order valence-electron chi connectivity index (χ0n) is 5.80. The lowest BCUT2D eigenvalue weighted by Gasteiger charge is -2.23. The third-order valence-electron chi connectivity index (χ3n) is 1.81. The van der Waals surface area contributed by atoms with Crippen LogP contribution in [-0.4, -0.2) is 28.4 Å². The second-order valence-corrected chi connectivity index (χ2v) is 2.68. The van der Waals surface area contributed by atoms with Gasteiger partial charge >= 0.3 is 6.09 Å². The topological polar surface area (TPSA) is 40.5 Å². The van der Waals surface area contributed by atoms with Gasteiger partial charge < -0.3 is 5.11 Å². The highest BCUT2D eigenvalue weighted by Crippen LogP contribution is 2.29. The van der Waals surface area contributed by atoms with Crippen LogP contribution in [0.3, 0.4) is 0 Å². The van der Waals surface area contributed by atoms with E-state index in [2.05, 4.69) is 0 Å². The maximum atomic E-state index is 13.1. The maximum absolute atomic E-state index is 13.1. The van der Waals surface area contributed by atoms with E-state index in [-0.39, 0.29) is 0 Å². The molecule has 1 amide bonds. The molecule has 1 heterocycles. The van der Waals surface area contributed by atoms with Crippen LogP contribution in [0.15, 0.2) is 0 Å². The number of halogens is 1. The van der Waals surface area contributed by atoms with Crippen molar-refractivity contribution in [2.75, 3.05) is 6.54 Å². The fourth-order valence-electron chi connectivity index (χ4n) is 1.22. The first-order chi connectivity index (χ1) is 4.54. The van der Waals surface area contributed by atoms with E-state index in [1.165, 1.54) is 6.92 Å². The normalized spacial score (nSPS) is 32.8. The fourth-order valence-corrected chi connectivity index (χ4v) is 1.22. The molecule has 0 saturated carbocycles. The summed E-state index contributed by atoms with van der Waals surface area (Å²) in [7, 11) is 0. The smallest absolute Gasteiger partial charge is 0.409 e. The molecular weight excluding hydrogens is 137 g/mol. The first kappa shape index (κ1) is 7.31. The Labute approximate surface area is 58.4 Å². The number of amides is 1. The second kappa shape index (κ2) is 2.11.